The number of methoxy groups -OCH3 is 1. The van der Waals surface area contributed by atoms with Crippen LogP contribution in [0.15, 0.2) is 84.5 Å². The van der Waals surface area contributed by atoms with Crippen LogP contribution in [0.3, 0.4) is 0 Å². The number of carbonyl (C=O) groups excluding carboxylic acids is 1. The standard InChI is InChI=1S/C23H20N2O2S/c1-27-20-12-6-5-11-18(20)15-24-23(26)22-21(25-13-7-8-14-25)19(16-28-22)17-9-3-2-4-10-17/h2-14,16H,15H2,1H3,(H,24,26). The first kappa shape index (κ1) is 18.1. The van der Waals surface area contributed by atoms with Gasteiger partial charge in [-0.25, -0.2) is 0 Å². The number of hydrogen-bond donors (Lipinski definition) is 1. The number of rotatable bonds is 6. The summed E-state index contributed by atoms with van der Waals surface area (Å²) in [5.41, 5.74) is 3.98. The van der Waals surface area contributed by atoms with Gasteiger partial charge in [-0.1, -0.05) is 48.5 Å². The summed E-state index contributed by atoms with van der Waals surface area (Å²) in [6.45, 7) is 0.409. The molecule has 5 heteroatoms. The first-order valence-corrected chi connectivity index (χ1v) is 9.86. The number of ether oxygens (including phenoxy) is 1. The van der Waals surface area contributed by atoms with Gasteiger partial charge in [0.05, 0.1) is 12.8 Å². The summed E-state index contributed by atoms with van der Waals surface area (Å²) in [6.07, 6.45) is 3.93. The van der Waals surface area contributed by atoms with Crippen molar-refractivity contribution in [2.24, 2.45) is 0 Å². The molecule has 0 spiro atoms. The molecule has 4 nitrogen and oxygen atoms in total. The van der Waals surface area contributed by atoms with Gasteiger partial charge in [0.1, 0.15) is 10.6 Å². The Morgan fingerprint density at radius 1 is 1.00 bits per heavy atom. The van der Waals surface area contributed by atoms with Gasteiger partial charge in [0.25, 0.3) is 5.91 Å². The van der Waals surface area contributed by atoms with E-state index in [1.54, 1.807) is 7.11 Å². The molecule has 1 amide bonds. The summed E-state index contributed by atoms with van der Waals surface area (Å²) in [5.74, 6) is 0.673. The number of hydrogen-bond acceptors (Lipinski definition) is 3. The second kappa shape index (κ2) is 8.15. The van der Waals surface area contributed by atoms with Crippen molar-refractivity contribution in [2.75, 3.05) is 7.11 Å². The van der Waals surface area contributed by atoms with Crippen molar-refractivity contribution in [1.29, 1.82) is 0 Å². The predicted molar refractivity (Wildman–Crippen MR) is 113 cm³/mol. The van der Waals surface area contributed by atoms with Crippen LogP contribution in [0.5, 0.6) is 5.75 Å². The summed E-state index contributed by atoms with van der Waals surface area (Å²) in [6, 6.07) is 21.8. The van der Waals surface area contributed by atoms with Gasteiger partial charge >= 0.3 is 0 Å². The summed E-state index contributed by atoms with van der Waals surface area (Å²) in [5, 5.41) is 5.08. The molecule has 1 N–H and O–H groups in total. The van der Waals surface area contributed by atoms with Gasteiger partial charge in [0.2, 0.25) is 0 Å². The third-order valence-corrected chi connectivity index (χ3v) is 5.52. The minimum Gasteiger partial charge on any atom is -0.496 e. The summed E-state index contributed by atoms with van der Waals surface area (Å²) in [4.78, 5) is 13.7. The van der Waals surface area contributed by atoms with Crippen LogP contribution in [-0.2, 0) is 6.54 Å². The lowest BCUT2D eigenvalue weighted by atomic mass is 10.1. The molecule has 0 atom stereocenters. The summed E-state index contributed by atoms with van der Waals surface area (Å²) < 4.78 is 7.37. The first-order chi connectivity index (χ1) is 13.8. The maximum Gasteiger partial charge on any atom is 0.263 e. The molecule has 4 aromatic rings. The Kier molecular flexibility index (Phi) is 5.26. The smallest absolute Gasteiger partial charge is 0.263 e. The number of benzene rings is 2. The zero-order valence-electron chi connectivity index (χ0n) is 15.5. The monoisotopic (exact) mass is 388 g/mol. The average molecular weight is 388 g/mol. The van der Waals surface area contributed by atoms with Crippen LogP contribution in [0.4, 0.5) is 0 Å². The fourth-order valence-electron chi connectivity index (χ4n) is 3.18. The zero-order chi connectivity index (χ0) is 19.3. The Labute approximate surface area is 168 Å². The molecule has 0 radical (unpaired) electrons. The van der Waals surface area contributed by atoms with Gasteiger partial charge in [-0.05, 0) is 23.8 Å². The summed E-state index contributed by atoms with van der Waals surface area (Å²) >= 11 is 1.46. The molecule has 2 aromatic carbocycles. The van der Waals surface area contributed by atoms with Crippen LogP contribution in [0.1, 0.15) is 15.2 Å². The van der Waals surface area contributed by atoms with Crippen molar-refractivity contribution < 1.29 is 9.53 Å². The number of carbonyl (C=O) groups is 1. The van der Waals surface area contributed by atoms with E-state index in [4.69, 9.17) is 4.74 Å². The molecule has 0 aliphatic rings. The lowest BCUT2D eigenvalue weighted by molar-refractivity contribution is 0.0955. The molecular formula is C23H20N2O2S. The Balaban J connectivity index is 1.66. The highest BCUT2D eigenvalue weighted by Gasteiger charge is 2.20. The Morgan fingerprint density at radius 3 is 2.46 bits per heavy atom. The molecule has 0 unspecified atom stereocenters. The minimum absolute atomic E-state index is 0.0956. The van der Waals surface area contributed by atoms with Crippen LogP contribution in [-0.4, -0.2) is 17.6 Å². The lowest BCUT2D eigenvalue weighted by Crippen LogP contribution is -2.23. The second-order valence-corrected chi connectivity index (χ2v) is 7.16. The third-order valence-electron chi connectivity index (χ3n) is 4.55. The normalized spacial score (nSPS) is 10.6. The quantitative estimate of drug-likeness (QED) is 0.497. The average Bonchev–Trinajstić information content (AvgIpc) is 3.42. The molecule has 140 valence electrons. The Bertz CT molecular complexity index is 1070. The molecule has 0 fully saturated rings. The van der Waals surface area contributed by atoms with E-state index in [-0.39, 0.29) is 5.91 Å². The van der Waals surface area contributed by atoms with Crippen molar-refractivity contribution in [3.8, 4) is 22.6 Å². The number of amides is 1. The van der Waals surface area contributed by atoms with Crippen LogP contribution in [0.25, 0.3) is 16.8 Å². The van der Waals surface area contributed by atoms with Crippen molar-refractivity contribution >= 4 is 17.2 Å². The van der Waals surface area contributed by atoms with Crippen molar-refractivity contribution in [3.05, 3.63) is 94.9 Å². The van der Waals surface area contributed by atoms with Gasteiger partial charge in [-0.2, -0.15) is 0 Å². The second-order valence-electron chi connectivity index (χ2n) is 6.28. The van der Waals surface area contributed by atoms with E-state index < -0.39 is 0 Å². The van der Waals surface area contributed by atoms with Crippen LogP contribution in [0, 0.1) is 0 Å². The number of para-hydroxylation sites is 1. The number of nitrogens with zero attached hydrogens (tertiary/aromatic N) is 1. The van der Waals surface area contributed by atoms with Crippen molar-refractivity contribution in [1.82, 2.24) is 9.88 Å². The van der Waals surface area contributed by atoms with Gasteiger partial charge in [-0.3, -0.25) is 4.79 Å². The van der Waals surface area contributed by atoms with E-state index in [0.717, 1.165) is 28.1 Å². The highest BCUT2D eigenvalue weighted by molar-refractivity contribution is 7.13. The molecule has 4 rings (SSSR count). The fraction of sp³-hybridized carbons (Fsp3) is 0.0870. The van der Waals surface area contributed by atoms with E-state index in [2.05, 4.69) is 17.4 Å². The lowest BCUT2D eigenvalue weighted by Gasteiger charge is -2.11. The van der Waals surface area contributed by atoms with Crippen LogP contribution in [0.2, 0.25) is 0 Å². The minimum atomic E-state index is -0.0956. The molecule has 0 bridgehead atoms. The molecule has 0 aliphatic heterocycles. The molecule has 28 heavy (non-hydrogen) atoms. The fourth-order valence-corrected chi connectivity index (χ4v) is 4.17. The zero-order valence-corrected chi connectivity index (χ0v) is 16.3. The van der Waals surface area contributed by atoms with E-state index in [9.17, 15) is 4.79 Å². The number of aromatic nitrogens is 1. The molecule has 0 saturated heterocycles. The van der Waals surface area contributed by atoms with Crippen LogP contribution >= 0.6 is 11.3 Å². The number of thiophene rings is 1. The predicted octanol–water partition coefficient (Wildman–Crippen LogP) is 5.14. The van der Waals surface area contributed by atoms with Crippen molar-refractivity contribution in [3.63, 3.8) is 0 Å². The van der Waals surface area contributed by atoms with E-state index in [1.165, 1.54) is 11.3 Å². The molecule has 0 aliphatic carbocycles. The first-order valence-electron chi connectivity index (χ1n) is 8.98. The maximum absolute atomic E-state index is 13.0. The van der Waals surface area contributed by atoms with Gasteiger partial charge in [0.15, 0.2) is 0 Å². The summed E-state index contributed by atoms with van der Waals surface area (Å²) in [7, 11) is 1.64. The van der Waals surface area contributed by atoms with Crippen LogP contribution < -0.4 is 10.1 Å². The molecule has 2 heterocycles. The highest BCUT2D eigenvalue weighted by Crippen LogP contribution is 2.35. The van der Waals surface area contributed by atoms with E-state index >= 15 is 0 Å². The highest BCUT2D eigenvalue weighted by atomic mass is 32.1. The third kappa shape index (κ3) is 3.57. The molecular weight excluding hydrogens is 368 g/mol. The topological polar surface area (TPSA) is 43.3 Å². The van der Waals surface area contributed by atoms with Gasteiger partial charge < -0.3 is 14.6 Å². The van der Waals surface area contributed by atoms with E-state index in [0.29, 0.717) is 11.4 Å². The van der Waals surface area contributed by atoms with E-state index in [1.807, 2.05) is 76.9 Å². The van der Waals surface area contributed by atoms with Crippen molar-refractivity contribution in [2.45, 2.75) is 6.54 Å². The molecule has 0 saturated carbocycles. The maximum atomic E-state index is 13.0. The Hall–Kier alpha value is -3.31. The van der Waals surface area contributed by atoms with Gasteiger partial charge in [0, 0.05) is 35.4 Å². The molecule has 2 aromatic heterocycles. The number of nitrogens with one attached hydrogen (secondary N) is 1. The van der Waals surface area contributed by atoms with Gasteiger partial charge in [-0.15, -0.1) is 11.3 Å². The largest absolute Gasteiger partial charge is 0.496 e. The Morgan fingerprint density at radius 2 is 1.71 bits per heavy atom. The SMILES string of the molecule is COc1ccccc1CNC(=O)c1scc(-c2ccccc2)c1-n1cccc1.